The van der Waals surface area contributed by atoms with Crippen molar-refractivity contribution in [3.05, 3.63) is 102 Å². The predicted molar refractivity (Wildman–Crippen MR) is 150 cm³/mol. The van der Waals surface area contributed by atoms with E-state index in [-0.39, 0.29) is 12.5 Å². The van der Waals surface area contributed by atoms with Gasteiger partial charge in [0.25, 0.3) is 0 Å². The average Bonchev–Trinajstić information content (AvgIpc) is 3.11. The Morgan fingerprint density at radius 1 is 0.907 bits per heavy atom. The summed E-state index contributed by atoms with van der Waals surface area (Å²) < 4.78 is 37.4. The molecule has 3 aromatic carbocycles. The largest absolute Gasteiger partial charge is 0.490 e. The minimum atomic E-state index is -5.08. The molecule has 1 aliphatic heterocycles. The summed E-state index contributed by atoms with van der Waals surface area (Å²) in [5.74, 6) is -4.65. The number of carbonyl (C=O) groups excluding carboxylic acids is 2. The number of para-hydroxylation sites is 1. The molecular weight excluding hydrogens is 569 g/mol. The van der Waals surface area contributed by atoms with Crippen LogP contribution >= 0.6 is 0 Å². The number of nitrogens with one attached hydrogen (secondary N) is 1. The average molecular weight is 601 g/mol. The minimum Gasteiger partial charge on any atom is -0.480 e. The highest BCUT2D eigenvalue weighted by Gasteiger charge is 2.38. The molecule has 0 bridgehead atoms. The topological polar surface area (TPSA) is 133 Å². The molecule has 9 nitrogen and oxygen atoms in total. The number of amides is 1. The summed E-state index contributed by atoms with van der Waals surface area (Å²) in [7, 11) is 0. The number of anilines is 1. The number of aliphatic carboxylic acids is 2. The van der Waals surface area contributed by atoms with Gasteiger partial charge in [-0.15, -0.1) is 0 Å². The highest BCUT2D eigenvalue weighted by atomic mass is 19.4. The Morgan fingerprint density at radius 2 is 1.47 bits per heavy atom. The van der Waals surface area contributed by atoms with Crippen LogP contribution in [0.3, 0.4) is 0 Å². The number of hydrogen-bond donors (Lipinski definition) is 3. The highest BCUT2D eigenvalue weighted by Crippen LogP contribution is 2.27. The van der Waals surface area contributed by atoms with Crippen LogP contribution in [0, 0.1) is 0 Å². The maximum Gasteiger partial charge on any atom is 0.490 e. The molecule has 3 N–H and O–H groups in total. The quantitative estimate of drug-likeness (QED) is 0.292. The number of benzene rings is 3. The van der Waals surface area contributed by atoms with Gasteiger partial charge in [-0.1, -0.05) is 78.9 Å². The third kappa shape index (κ3) is 10.3. The fourth-order valence-corrected chi connectivity index (χ4v) is 4.47. The first-order valence-electron chi connectivity index (χ1n) is 13.4. The number of alkyl halides is 3. The fraction of sp³-hybridized carbons (Fsp3) is 0.290. The summed E-state index contributed by atoms with van der Waals surface area (Å²) in [5, 5.41) is 19.8. The van der Waals surface area contributed by atoms with E-state index in [1.807, 2.05) is 72.8 Å². The molecule has 12 heteroatoms. The Hall–Kier alpha value is -4.71. The van der Waals surface area contributed by atoms with Crippen molar-refractivity contribution in [3.63, 3.8) is 0 Å². The zero-order chi connectivity index (χ0) is 31.4. The molecule has 0 saturated heterocycles. The van der Waals surface area contributed by atoms with Gasteiger partial charge in [0.2, 0.25) is 5.91 Å². The molecule has 0 spiro atoms. The first kappa shape index (κ1) is 32.8. The van der Waals surface area contributed by atoms with Gasteiger partial charge < -0.3 is 14.9 Å². The maximum absolute atomic E-state index is 13.5. The van der Waals surface area contributed by atoms with Crippen molar-refractivity contribution in [3.8, 4) is 0 Å². The van der Waals surface area contributed by atoms with E-state index in [9.17, 15) is 32.7 Å². The molecular formula is C31H31F3N2O7. The first-order valence-corrected chi connectivity index (χ1v) is 13.4. The van der Waals surface area contributed by atoms with E-state index >= 15 is 0 Å². The van der Waals surface area contributed by atoms with Crippen molar-refractivity contribution in [2.45, 2.75) is 50.6 Å². The van der Waals surface area contributed by atoms with Crippen LogP contribution in [0.2, 0.25) is 0 Å². The van der Waals surface area contributed by atoms with Crippen LogP contribution < -0.4 is 10.2 Å². The Kier molecular flexibility index (Phi) is 11.8. The third-order valence-corrected chi connectivity index (χ3v) is 6.56. The molecule has 0 aromatic heterocycles. The zero-order valence-electron chi connectivity index (χ0n) is 23.0. The molecule has 0 saturated carbocycles. The first-order chi connectivity index (χ1) is 20.5. The Labute approximate surface area is 245 Å². The van der Waals surface area contributed by atoms with E-state index in [0.29, 0.717) is 31.4 Å². The molecule has 4 rings (SSSR count). The number of fused-ring (bicyclic) bond motifs is 1. The van der Waals surface area contributed by atoms with E-state index in [4.69, 9.17) is 14.6 Å². The molecule has 2 atom stereocenters. The molecule has 1 heterocycles. The number of carboxylic acid groups (broad SMARTS) is 2. The summed E-state index contributed by atoms with van der Waals surface area (Å²) >= 11 is 0. The van der Waals surface area contributed by atoms with Crippen molar-refractivity contribution in [2.24, 2.45) is 0 Å². The number of ether oxygens (including phenoxy) is 1. The van der Waals surface area contributed by atoms with Gasteiger partial charge >= 0.3 is 24.1 Å². The van der Waals surface area contributed by atoms with Gasteiger partial charge in [0.05, 0.1) is 6.04 Å². The second-order valence-corrected chi connectivity index (χ2v) is 9.68. The van der Waals surface area contributed by atoms with Crippen molar-refractivity contribution in [1.82, 2.24) is 5.32 Å². The van der Waals surface area contributed by atoms with Crippen LogP contribution in [0.1, 0.15) is 29.5 Å². The van der Waals surface area contributed by atoms with Gasteiger partial charge in [0, 0.05) is 5.69 Å². The van der Waals surface area contributed by atoms with E-state index in [1.54, 1.807) is 12.1 Å². The number of carboxylic acids is 2. The molecule has 228 valence electrons. The van der Waals surface area contributed by atoms with Gasteiger partial charge in [-0.3, -0.25) is 24.6 Å². The smallest absolute Gasteiger partial charge is 0.480 e. The van der Waals surface area contributed by atoms with E-state index < -0.39 is 42.7 Å². The van der Waals surface area contributed by atoms with Crippen LogP contribution in [0.15, 0.2) is 84.9 Å². The summed E-state index contributed by atoms with van der Waals surface area (Å²) in [6.45, 7) is -0.306. The fourth-order valence-electron chi connectivity index (χ4n) is 4.47. The molecule has 0 fully saturated rings. The van der Waals surface area contributed by atoms with Gasteiger partial charge in [-0.2, -0.15) is 13.2 Å². The third-order valence-electron chi connectivity index (χ3n) is 6.56. The molecule has 1 amide bonds. The second-order valence-electron chi connectivity index (χ2n) is 9.68. The van der Waals surface area contributed by atoms with Crippen molar-refractivity contribution < 1.29 is 47.3 Å². The lowest BCUT2D eigenvalue weighted by molar-refractivity contribution is -0.192. The molecule has 1 aliphatic rings. The summed E-state index contributed by atoms with van der Waals surface area (Å²) in [4.78, 5) is 48.4. The van der Waals surface area contributed by atoms with Gasteiger partial charge in [0.1, 0.15) is 19.2 Å². The standard InChI is InChI=1S/C29H30N2O5.C2HF3O2/c32-27(33)19-31-26-14-8-7-13-23(26)16-18-24(28(31)34)30-25(17-15-21-9-3-1-4-10-21)29(35)36-20-22-11-5-2-6-12-22;3-2(4,5)1(6)7/h1-14,24-25,30H,15-20H2,(H,32,33);(H,6,7)/t24-,25+;/m0./s1. The number of halogens is 3. The van der Waals surface area contributed by atoms with Crippen LogP contribution in [-0.4, -0.2) is 58.8 Å². The lowest BCUT2D eigenvalue weighted by Crippen LogP contribution is -2.53. The monoisotopic (exact) mass is 600 g/mol. The summed E-state index contributed by atoms with van der Waals surface area (Å²) in [6.07, 6.45) is -2.99. The van der Waals surface area contributed by atoms with Crippen LogP contribution in [0.25, 0.3) is 0 Å². The minimum absolute atomic E-state index is 0.137. The lowest BCUT2D eigenvalue weighted by atomic mass is 10.0. The molecule has 0 unspecified atom stereocenters. The number of esters is 1. The van der Waals surface area contributed by atoms with Gasteiger partial charge in [0.15, 0.2) is 0 Å². The van der Waals surface area contributed by atoms with Gasteiger partial charge in [-0.25, -0.2) is 4.79 Å². The van der Waals surface area contributed by atoms with Crippen LogP contribution in [0.5, 0.6) is 0 Å². The molecule has 0 aliphatic carbocycles. The number of aryl methyl sites for hydroxylation is 2. The SMILES string of the molecule is O=C(O)C(F)(F)F.O=C(O)CN1C(=O)[C@@H](N[C@H](CCc2ccccc2)C(=O)OCc2ccccc2)CCc2ccccc21. The number of nitrogens with zero attached hydrogens (tertiary/aromatic N) is 1. The molecule has 0 radical (unpaired) electrons. The van der Waals surface area contributed by atoms with E-state index in [0.717, 1.165) is 16.7 Å². The van der Waals surface area contributed by atoms with Crippen molar-refractivity contribution >= 4 is 29.5 Å². The number of hydrogen-bond acceptors (Lipinski definition) is 6. The Morgan fingerprint density at radius 3 is 2.05 bits per heavy atom. The normalized spacial score (nSPS) is 15.3. The van der Waals surface area contributed by atoms with Crippen molar-refractivity contribution in [1.29, 1.82) is 0 Å². The van der Waals surface area contributed by atoms with E-state index in [1.165, 1.54) is 4.90 Å². The van der Waals surface area contributed by atoms with Gasteiger partial charge in [-0.05, 0) is 48.4 Å². The molecule has 43 heavy (non-hydrogen) atoms. The van der Waals surface area contributed by atoms with Crippen LogP contribution in [-0.2, 0) is 43.4 Å². The Bertz CT molecular complexity index is 1380. The second kappa shape index (κ2) is 15.5. The Balaban J connectivity index is 0.000000646. The summed E-state index contributed by atoms with van der Waals surface area (Å²) in [6, 6.07) is 25.1. The zero-order valence-corrected chi connectivity index (χ0v) is 23.0. The maximum atomic E-state index is 13.5. The van der Waals surface area contributed by atoms with Crippen LogP contribution in [0.4, 0.5) is 18.9 Å². The highest BCUT2D eigenvalue weighted by molar-refractivity contribution is 6.02. The predicted octanol–water partition coefficient (Wildman–Crippen LogP) is 4.39. The summed E-state index contributed by atoms with van der Waals surface area (Å²) in [5.41, 5.74) is 3.46. The molecule has 3 aromatic rings. The number of rotatable bonds is 10. The number of carbonyl (C=O) groups is 4. The van der Waals surface area contributed by atoms with Crippen molar-refractivity contribution in [2.75, 3.05) is 11.4 Å². The lowest BCUT2D eigenvalue weighted by Gasteiger charge is -2.27. The van der Waals surface area contributed by atoms with E-state index in [2.05, 4.69) is 5.32 Å².